The van der Waals surface area contributed by atoms with Gasteiger partial charge in [0.05, 0.1) is 24.4 Å². The molecule has 0 aromatic heterocycles. The number of carbonyl (C=O) groups is 1. The van der Waals surface area contributed by atoms with Crippen molar-refractivity contribution in [1.82, 2.24) is 0 Å². The highest BCUT2D eigenvalue weighted by molar-refractivity contribution is 5.97. The zero-order valence-electron chi connectivity index (χ0n) is 14.5. The Morgan fingerprint density at radius 2 is 2.00 bits per heavy atom. The second kappa shape index (κ2) is 7.27. The first-order valence-electron chi connectivity index (χ1n) is 8.37. The van der Waals surface area contributed by atoms with Gasteiger partial charge in [0.25, 0.3) is 0 Å². The Bertz CT molecular complexity index is 809. The first-order chi connectivity index (χ1) is 12.1. The summed E-state index contributed by atoms with van der Waals surface area (Å²) in [5.41, 5.74) is 3.49. The number of amides is 1. The minimum atomic E-state index is 0.0803. The van der Waals surface area contributed by atoms with Crippen molar-refractivity contribution in [2.75, 3.05) is 23.9 Å². The number of nitriles is 1. The number of rotatable bonds is 5. The molecule has 25 heavy (non-hydrogen) atoms. The molecule has 0 saturated carbocycles. The molecular formula is C20H21N3O2. The summed E-state index contributed by atoms with van der Waals surface area (Å²) in [6.45, 7) is 2.80. The zero-order valence-corrected chi connectivity index (χ0v) is 14.5. The predicted molar refractivity (Wildman–Crippen MR) is 97.8 cm³/mol. The highest BCUT2D eigenvalue weighted by atomic mass is 16.5. The molecule has 1 N–H and O–H groups in total. The number of methoxy groups -OCH3 is 1. The third-order valence-electron chi connectivity index (χ3n) is 4.47. The minimum Gasteiger partial charge on any atom is -0.494 e. The van der Waals surface area contributed by atoms with E-state index in [1.807, 2.05) is 42.5 Å². The summed E-state index contributed by atoms with van der Waals surface area (Å²) < 4.78 is 5.49. The Hall–Kier alpha value is -3.00. The molecule has 1 saturated heterocycles. The molecule has 128 valence electrons. The molecule has 1 atom stereocenters. The second-order valence-electron chi connectivity index (χ2n) is 6.14. The molecule has 0 spiro atoms. The Kier molecular flexibility index (Phi) is 4.90. The maximum Gasteiger partial charge on any atom is 0.227 e. The number of benzene rings is 2. The largest absolute Gasteiger partial charge is 0.494 e. The summed E-state index contributed by atoms with van der Waals surface area (Å²) in [5, 5.41) is 12.3. The van der Waals surface area contributed by atoms with Crippen LogP contribution in [0.3, 0.4) is 0 Å². The normalized spacial score (nSPS) is 14.9. The van der Waals surface area contributed by atoms with Crippen LogP contribution in [0.5, 0.6) is 5.75 Å². The van der Waals surface area contributed by atoms with E-state index in [9.17, 15) is 4.79 Å². The molecule has 1 fully saturated rings. The number of nitrogens with one attached hydrogen (secondary N) is 1. The molecule has 1 aliphatic heterocycles. The van der Waals surface area contributed by atoms with Crippen LogP contribution in [0.1, 0.15) is 36.9 Å². The van der Waals surface area contributed by atoms with Crippen molar-refractivity contribution in [3.05, 3.63) is 53.6 Å². The highest BCUT2D eigenvalue weighted by Gasteiger charge is 2.24. The van der Waals surface area contributed by atoms with Gasteiger partial charge in [-0.1, -0.05) is 12.1 Å². The molecule has 3 rings (SSSR count). The van der Waals surface area contributed by atoms with Crippen molar-refractivity contribution in [2.45, 2.75) is 25.8 Å². The van der Waals surface area contributed by atoms with Crippen molar-refractivity contribution in [3.8, 4) is 11.8 Å². The van der Waals surface area contributed by atoms with Crippen molar-refractivity contribution < 1.29 is 9.53 Å². The van der Waals surface area contributed by atoms with E-state index in [2.05, 4.69) is 18.3 Å². The smallest absolute Gasteiger partial charge is 0.227 e. The molecule has 1 aliphatic rings. The Morgan fingerprint density at radius 1 is 1.24 bits per heavy atom. The number of ether oxygens (including phenoxy) is 1. The molecule has 0 aliphatic carbocycles. The topological polar surface area (TPSA) is 65.4 Å². The summed E-state index contributed by atoms with van der Waals surface area (Å²) in [4.78, 5) is 13.8. The van der Waals surface area contributed by atoms with Gasteiger partial charge < -0.3 is 15.0 Å². The number of anilines is 2. The second-order valence-corrected chi connectivity index (χ2v) is 6.14. The number of nitrogens with zero attached hydrogens (tertiary/aromatic N) is 2. The first-order valence-corrected chi connectivity index (χ1v) is 8.37. The molecule has 1 amide bonds. The fourth-order valence-electron chi connectivity index (χ4n) is 3.07. The minimum absolute atomic E-state index is 0.0803. The van der Waals surface area contributed by atoms with Crippen molar-refractivity contribution in [1.29, 1.82) is 5.26 Å². The first kappa shape index (κ1) is 16.8. The van der Waals surface area contributed by atoms with Gasteiger partial charge in [-0.2, -0.15) is 5.26 Å². The van der Waals surface area contributed by atoms with E-state index in [4.69, 9.17) is 10.00 Å². The van der Waals surface area contributed by atoms with Crippen LogP contribution in [0.4, 0.5) is 11.4 Å². The molecule has 0 radical (unpaired) electrons. The zero-order chi connectivity index (χ0) is 17.8. The van der Waals surface area contributed by atoms with Gasteiger partial charge in [-0.25, -0.2) is 0 Å². The van der Waals surface area contributed by atoms with Crippen LogP contribution < -0.4 is 15.0 Å². The molecule has 5 heteroatoms. The van der Waals surface area contributed by atoms with Crippen LogP contribution in [0.2, 0.25) is 0 Å². The summed E-state index contributed by atoms with van der Waals surface area (Å²) >= 11 is 0. The van der Waals surface area contributed by atoms with Gasteiger partial charge in [0.15, 0.2) is 0 Å². The quantitative estimate of drug-likeness (QED) is 0.901. The maximum absolute atomic E-state index is 12.0. The van der Waals surface area contributed by atoms with Crippen molar-refractivity contribution >= 4 is 17.3 Å². The molecule has 0 unspecified atom stereocenters. The number of hydrogen-bond donors (Lipinski definition) is 1. The lowest BCUT2D eigenvalue weighted by atomic mass is 10.1. The lowest BCUT2D eigenvalue weighted by molar-refractivity contribution is -0.117. The van der Waals surface area contributed by atoms with Gasteiger partial charge >= 0.3 is 0 Å². The van der Waals surface area contributed by atoms with Gasteiger partial charge in [-0.3, -0.25) is 4.79 Å². The molecule has 5 nitrogen and oxygen atoms in total. The monoisotopic (exact) mass is 335 g/mol. The van der Waals surface area contributed by atoms with Crippen LogP contribution in [0.25, 0.3) is 0 Å². The Labute approximate surface area is 147 Å². The SMILES string of the molecule is COc1cc(N[C@H](C)c2ccc(C#N)cc2)ccc1N1CCCC1=O. The van der Waals surface area contributed by atoms with E-state index < -0.39 is 0 Å². The highest BCUT2D eigenvalue weighted by Crippen LogP contribution is 2.34. The lowest BCUT2D eigenvalue weighted by Gasteiger charge is -2.21. The third-order valence-corrected chi connectivity index (χ3v) is 4.47. The number of carbonyl (C=O) groups excluding carboxylic acids is 1. The third kappa shape index (κ3) is 3.58. The van der Waals surface area contributed by atoms with Crippen molar-refractivity contribution in [2.24, 2.45) is 0 Å². The van der Waals surface area contributed by atoms with Gasteiger partial charge in [0.1, 0.15) is 5.75 Å². The Morgan fingerprint density at radius 3 is 2.60 bits per heavy atom. The fraction of sp³-hybridized carbons (Fsp3) is 0.300. The molecule has 1 heterocycles. The average Bonchev–Trinajstić information content (AvgIpc) is 3.07. The maximum atomic E-state index is 12.0. The van der Waals surface area contributed by atoms with E-state index >= 15 is 0 Å². The van der Waals surface area contributed by atoms with E-state index in [1.54, 1.807) is 12.0 Å². The summed E-state index contributed by atoms with van der Waals surface area (Å²) in [6, 6.07) is 15.5. The standard InChI is InChI=1S/C20H21N3O2/c1-14(16-7-5-15(13-21)6-8-16)22-17-9-10-18(19(12-17)25-2)23-11-3-4-20(23)24/h5-10,12,14,22H,3-4,11H2,1-2H3/t14-/m1/s1. The van der Waals surface area contributed by atoms with Gasteiger partial charge in [-0.15, -0.1) is 0 Å². The lowest BCUT2D eigenvalue weighted by Crippen LogP contribution is -2.24. The van der Waals surface area contributed by atoms with E-state index in [0.29, 0.717) is 17.7 Å². The van der Waals surface area contributed by atoms with Crippen LogP contribution in [-0.4, -0.2) is 19.6 Å². The molecular weight excluding hydrogens is 314 g/mol. The van der Waals surface area contributed by atoms with Crippen molar-refractivity contribution in [3.63, 3.8) is 0 Å². The molecule has 0 bridgehead atoms. The van der Waals surface area contributed by atoms with E-state index in [1.165, 1.54) is 0 Å². The van der Waals surface area contributed by atoms with Crippen LogP contribution in [0.15, 0.2) is 42.5 Å². The average molecular weight is 335 g/mol. The number of hydrogen-bond acceptors (Lipinski definition) is 4. The fourth-order valence-corrected chi connectivity index (χ4v) is 3.07. The van der Waals surface area contributed by atoms with Gasteiger partial charge in [0.2, 0.25) is 5.91 Å². The van der Waals surface area contributed by atoms with Gasteiger partial charge in [0, 0.05) is 30.8 Å². The van der Waals surface area contributed by atoms with Crippen LogP contribution in [-0.2, 0) is 4.79 Å². The molecule has 2 aromatic carbocycles. The van der Waals surface area contributed by atoms with Crippen LogP contribution in [0, 0.1) is 11.3 Å². The summed E-state index contributed by atoms with van der Waals surface area (Å²) in [5.74, 6) is 0.831. The Balaban J connectivity index is 1.78. The summed E-state index contributed by atoms with van der Waals surface area (Å²) in [7, 11) is 1.62. The summed E-state index contributed by atoms with van der Waals surface area (Å²) in [6.07, 6.45) is 1.48. The van der Waals surface area contributed by atoms with E-state index in [0.717, 1.165) is 29.9 Å². The van der Waals surface area contributed by atoms with Crippen LogP contribution >= 0.6 is 0 Å². The molecule has 2 aromatic rings. The van der Waals surface area contributed by atoms with Gasteiger partial charge in [-0.05, 0) is 43.2 Å². The van der Waals surface area contributed by atoms with E-state index in [-0.39, 0.29) is 11.9 Å². The predicted octanol–water partition coefficient (Wildman–Crippen LogP) is 3.87.